The molecule has 9 heteroatoms. The number of β-amino-alcohol motifs (C(OH)–C–C–N with tert-alkyl or cyclic N) is 1. The van der Waals surface area contributed by atoms with Gasteiger partial charge in [0, 0.05) is 24.4 Å². The number of aliphatic hydroxyl groups is 1. The van der Waals surface area contributed by atoms with Gasteiger partial charge in [-0.3, -0.25) is 4.79 Å². The normalized spacial score (nSPS) is 22.6. The number of carbonyl (C=O) groups is 1. The fraction of sp³-hybridized carbons (Fsp3) is 0.357. The molecule has 1 unspecified atom stereocenters. The zero-order valence-electron chi connectivity index (χ0n) is 12.1. The van der Waals surface area contributed by atoms with E-state index in [-0.39, 0.29) is 23.9 Å². The molecule has 0 aliphatic carbocycles. The topological polar surface area (TPSA) is 97.0 Å². The van der Waals surface area contributed by atoms with E-state index in [1.165, 1.54) is 12.1 Å². The van der Waals surface area contributed by atoms with Gasteiger partial charge < -0.3 is 14.3 Å². The summed E-state index contributed by atoms with van der Waals surface area (Å²) in [4.78, 5) is 11.7. The Hall–Kier alpha value is -1.97. The zero-order valence-corrected chi connectivity index (χ0v) is 12.9. The minimum absolute atomic E-state index is 0.0548. The second-order valence-corrected chi connectivity index (χ2v) is 7.07. The highest BCUT2D eigenvalue weighted by Gasteiger charge is 2.45. The van der Waals surface area contributed by atoms with Crippen molar-refractivity contribution in [1.82, 2.24) is 4.31 Å². The van der Waals surface area contributed by atoms with Crippen molar-refractivity contribution >= 4 is 27.0 Å². The van der Waals surface area contributed by atoms with Gasteiger partial charge in [0.1, 0.15) is 17.4 Å². The van der Waals surface area contributed by atoms with E-state index in [4.69, 9.17) is 4.42 Å². The summed E-state index contributed by atoms with van der Waals surface area (Å²) in [5, 5.41) is 9.58. The van der Waals surface area contributed by atoms with E-state index in [2.05, 4.69) is 4.74 Å². The monoisotopic (exact) mass is 343 g/mol. The molecule has 1 saturated heterocycles. The summed E-state index contributed by atoms with van der Waals surface area (Å²) in [6, 6.07) is 3.69. The van der Waals surface area contributed by atoms with E-state index in [9.17, 15) is 22.7 Å². The van der Waals surface area contributed by atoms with E-state index in [1.54, 1.807) is 0 Å². The number of hydrogen-bond acceptors (Lipinski definition) is 6. The van der Waals surface area contributed by atoms with Crippen LogP contribution in [-0.2, 0) is 19.6 Å². The lowest BCUT2D eigenvalue weighted by Gasteiger charge is -2.20. The predicted molar refractivity (Wildman–Crippen MR) is 76.5 cm³/mol. The number of ether oxygens (including phenoxy) is 1. The van der Waals surface area contributed by atoms with Gasteiger partial charge in [0.15, 0.2) is 0 Å². The molecule has 2 atom stereocenters. The maximum Gasteiger partial charge on any atom is 0.324 e. The lowest BCUT2D eigenvalue weighted by molar-refractivity contribution is -0.144. The molecule has 23 heavy (non-hydrogen) atoms. The number of furan rings is 1. The largest absolute Gasteiger partial charge is 0.468 e. The molecule has 0 saturated carbocycles. The zero-order chi connectivity index (χ0) is 16.8. The second kappa shape index (κ2) is 5.59. The Morgan fingerprint density at radius 3 is 2.87 bits per heavy atom. The molecule has 124 valence electrons. The maximum atomic E-state index is 13.2. The van der Waals surface area contributed by atoms with Crippen LogP contribution in [0, 0.1) is 5.82 Å². The molecule has 1 aliphatic rings. The Kier molecular flexibility index (Phi) is 3.86. The highest BCUT2D eigenvalue weighted by atomic mass is 32.2. The number of fused-ring (bicyclic) bond motifs is 1. The summed E-state index contributed by atoms with van der Waals surface area (Å²) < 4.78 is 49.3. The van der Waals surface area contributed by atoms with Crippen LogP contribution in [0.4, 0.5) is 4.39 Å². The second-order valence-electron chi connectivity index (χ2n) is 5.25. The quantitative estimate of drug-likeness (QED) is 0.831. The van der Waals surface area contributed by atoms with Crippen molar-refractivity contribution in [3.63, 3.8) is 0 Å². The fourth-order valence-corrected chi connectivity index (χ4v) is 4.21. The fourth-order valence-electron chi connectivity index (χ4n) is 2.63. The Morgan fingerprint density at radius 2 is 2.17 bits per heavy atom. The molecule has 7 nitrogen and oxygen atoms in total. The number of nitrogens with zero attached hydrogens (tertiary/aromatic N) is 1. The van der Waals surface area contributed by atoms with Gasteiger partial charge >= 0.3 is 5.97 Å². The standard InChI is InChI=1S/C14H14FNO6S/c1-21-14(18)11-6-10(17)7-16(11)23(19,20)13-5-8-4-9(15)2-3-12(8)22-13/h2-5,10-11,17H,6-7H2,1H3/t10?,11-/m0/s1. The smallest absolute Gasteiger partial charge is 0.324 e. The van der Waals surface area contributed by atoms with Gasteiger partial charge in [-0.05, 0) is 18.2 Å². The third-order valence-corrected chi connectivity index (χ3v) is 5.46. The van der Waals surface area contributed by atoms with Crippen LogP contribution in [0.1, 0.15) is 6.42 Å². The van der Waals surface area contributed by atoms with Crippen molar-refractivity contribution in [2.75, 3.05) is 13.7 Å². The summed E-state index contributed by atoms with van der Waals surface area (Å²) in [7, 11) is -3.03. The van der Waals surface area contributed by atoms with Gasteiger partial charge in [0.25, 0.3) is 10.0 Å². The highest BCUT2D eigenvalue weighted by Crippen LogP contribution is 2.30. The molecule has 1 aliphatic heterocycles. The molecule has 0 amide bonds. The number of methoxy groups -OCH3 is 1. The van der Waals surface area contributed by atoms with Gasteiger partial charge in [-0.2, -0.15) is 4.31 Å². The molecular weight excluding hydrogens is 329 g/mol. The van der Waals surface area contributed by atoms with Gasteiger partial charge in [-0.25, -0.2) is 12.8 Å². The lowest BCUT2D eigenvalue weighted by Crippen LogP contribution is -2.41. The number of halogens is 1. The molecule has 0 spiro atoms. The molecule has 1 N–H and O–H groups in total. The number of sulfonamides is 1. The number of benzene rings is 1. The predicted octanol–water partition coefficient (Wildman–Crippen LogP) is 0.869. The third-order valence-electron chi connectivity index (χ3n) is 3.73. The summed E-state index contributed by atoms with van der Waals surface area (Å²) in [5.41, 5.74) is 0.208. The van der Waals surface area contributed by atoms with Crippen molar-refractivity contribution in [3.05, 3.63) is 30.1 Å². The molecule has 0 radical (unpaired) electrons. The van der Waals surface area contributed by atoms with Crippen LogP contribution in [0.15, 0.2) is 33.8 Å². The SMILES string of the molecule is COC(=O)[C@@H]1CC(O)CN1S(=O)(=O)c1cc2cc(F)ccc2o1. The van der Waals surface area contributed by atoms with Crippen LogP contribution in [0.2, 0.25) is 0 Å². The first-order valence-corrected chi connectivity index (χ1v) is 8.24. The van der Waals surface area contributed by atoms with Crippen LogP contribution in [0.5, 0.6) is 0 Å². The Bertz CT molecular complexity index is 861. The summed E-state index contributed by atoms with van der Waals surface area (Å²) in [6.45, 7) is -0.243. The van der Waals surface area contributed by atoms with Gasteiger partial charge in [-0.1, -0.05) is 0 Å². The van der Waals surface area contributed by atoms with Crippen molar-refractivity contribution in [2.24, 2.45) is 0 Å². The van der Waals surface area contributed by atoms with E-state index < -0.39 is 39.0 Å². The van der Waals surface area contributed by atoms with E-state index in [0.717, 1.165) is 23.5 Å². The Morgan fingerprint density at radius 1 is 1.43 bits per heavy atom. The maximum absolute atomic E-state index is 13.2. The number of esters is 1. The van der Waals surface area contributed by atoms with E-state index in [1.807, 2.05) is 0 Å². The number of rotatable bonds is 3. The molecular formula is C14H14FNO6S. The average Bonchev–Trinajstić information content (AvgIpc) is 3.10. The van der Waals surface area contributed by atoms with Crippen LogP contribution in [0.25, 0.3) is 11.0 Å². The molecule has 1 aromatic carbocycles. The third kappa shape index (κ3) is 2.71. The Balaban J connectivity index is 2.03. The highest BCUT2D eigenvalue weighted by molar-refractivity contribution is 7.89. The summed E-state index contributed by atoms with van der Waals surface area (Å²) in [5.74, 6) is -1.28. The number of carbonyl (C=O) groups excluding carboxylic acids is 1. The van der Waals surface area contributed by atoms with Crippen molar-refractivity contribution < 1.29 is 31.9 Å². The summed E-state index contributed by atoms with van der Waals surface area (Å²) in [6.07, 6.45) is -1.03. The van der Waals surface area contributed by atoms with Crippen LogP contribution in [0.3, 0.4) is 0 Å². The first kappa shape index (κ1) is 15.9. The van der Waals surface area contributed by atoms with Gasteiger partial charge in [-0.15, -0.1) is 0 Å². The summed E-state index contributed by atoms with van der Waals surface area (Å²) >= 11 is 0. The van der Waals surface area contributed by atoms with E-state index in [0.29, 0.717) is 0 Å². The lowest BCUT2D eigenvalue weighted by atomic mass is 10.2. The van der Waals surface area contributed by atoms with Crippen LogP contribution in [-0.4, -0.2) is 49.6 Å². The number of aliphatic hydroxyl groups excluding tert-OH is 1. The van der Waals surface area contributed by atoms with Gasteiger partial charge in [0.2, 0.25) is 5.09 Å². The minimum atomic E-state index is -4.17. The van der Waals surface area contributed by atoms with Crippen LogP contribution >= 0.6 is 0 Å². The Labute approximate surface area is 131 Å². The first-order chi connectivity index (χ1) is 10.8. The molecule has 0 bridgehead atoms. The minimum Gasteiger partial charge on any atom is -0.468 e. The van der Waals surface area contributed by atoms with Crippen molar-refractivity contribution in [2.45, 2.75) is 23.7 Å². The molecule has 1 fully saturated rings. The average molecular weight is 343 g/mol. The van der Waals surface area contributed by atoms with Crippen molar-refractivity contribution in [3.8, 4) is 0 Å². The van der Waals surface area contributed by atoms with Crippen LogP contribution < -0.4 is 0 Å². The molecule has 3 rings (SSSR count). The molecule has 2 aromatic rings. The first-order valence-electron chi connectivity index (χ1n) is 6.80. The van der Waals surface area contributed by atoms with E-state index >= 15 is 0 Å². The van der Waals surface area contributed by atoms with Crippen molar-refractivity contribution in [1.29, 1.82) is 0 Å². The molecule has 1 aromatic heterocycles. The van der Waals surface area contributed by atoms with Gasteiger partial charge in [0.05, 0.1) is 13.2 Å². The molecule has 2 heterocycles. The number of hydrogen-bond donors (Lipinski definition) is 1.